The van der Waals surface area contributed by atoms with Crippen molar-refractivity contribution >= 4 is 41.8 Å². The summed E-state index contributed by atoms with van der Waals surface area (Å²) >= 11 is 1.61. The summed E-state index contributed by atoms with van der Waals surface area (Å²) in [5.74, 6) is 0.864. The predicted octanol–water partition coefficient (Wildman–Crippen LogP) is 3.51. The van der Waals surface area contributed by atoms with Gasteiger partial charge in [0.05, 0.1) is 36.8 Å². The molecule has 3 rings (SSSR count). The summed E-state index contributed by atoms with van der Waals surface area (Å²) in [5, 5.41) is 17.1. The maximum Gasteiger partial charge on any atom is 0.278 e. The van der Waals surface area contributed by atoms with Crippen LogP contribution in [0.2, 0.25) is 0 Å². The molecule has 1 aliphatic rings. The number of piperazine rings is 1. The minimum absolute atomic E-state index is 0. The number of methoxy groups -OCH3 is 2. The topological polar surface area (TPSA) is 76.9 Å². The number of thiophene rings is 1. The number of hydrogen-bond donors (Lipinski definition) is 1. The van der Waals surface area contributed by atoms with Gasteiger partial charge in [0, 0.05) is 31.1 Å². The van der Waals surface area contributed by atoms with Crippen molar-refractivity contribution in [3.8, 4) is 11.5 Å². The van der Waals surface area contributed by atoms with Crippen LogP contribution in [0.1, 0.15) is 16.5 Å². The Labute approximate surface area is 174 Å². The second kappa shape index (κ2) is 10.7. The summed E-state index contributed by atoms with van der Waals surface area (Å²) < 4.78 is 10.6. The van der Waals surface area contributed by atoms with Crippen LogP contribution in [0.3, 0.4) is 0 Å². The van der Waals surface area contributed by atoms with Gasteiger partial charge < -0.3 is 14.8 Å². The van der Waals surface area contributed by atoms with Crippen molar-refractivity contribution in [3.05, 3.63) is 50.2 Å². The Morgan fingerprint density at radius 1 is 1.19 bits per heavy atom. The first-order valence-electron chi connectivity index (χ1n) is 8.04. The molecule has 0 amide bonds. The van der Waals surface area contributed by atoms with Crippen LogP contribution in [0.15, 0.2) is 29.6 Å². The first-order valence-corrected chi connectivity index (χ1v) is 8.92. The fourth-order valence-corrected chi connectivity index (χ4v) is 4.05. The molecule has 7 nitrogen and oxygen atoms in total. The molecule has 1 saturated heterocycles. The highest BCUT2D eigenvalue weighted by molar-refractivity contribution is 7.10. The molecule has 2 heterocycles. The highest BCUT2D eigenvalue weighted by atomic mass is 35.5. The van der Waals surface area contributed by atoms with Crippen LogP contribution in [0, 0.1) is 10.1 Å². The molecular formula is C17H23Cl2N3O4S. The van der Waals surface area contributed by atoms with E-state index in [4.69, 9.17) is 9.47 Å². The van der Waals surface area contributed by atoms with Crippen molar-refractivity contribution in [2.75, 3.05) is 40.4 Å². The van der Waals surface area contributed by atoms with E-state index in [2.05, 4.69) is 10.2 Å². The van der Waals surface area contributed by atoms with Crippen LogP contribution in [-0.4, -0.2) is 50.2 Å². The molecule has 150 valence electrons. The van der Waals surface area contributed by atoms with Crippen molar-refractivity contribution in [1.29, 1.82) is 0 Å². The maximum absolute atomic E-state index is 11.7. The Kier molecular flexibility index (Phi) is 9.28. The van der Waals surface area contributed by atoms with E-state index in [9.17, 15) is 10.1 Å². The molecule has 0 saturated carbocycles. The summed E-state index contributed by atoms with van der Waals surface area (Å²) in [5.41, 5.74) is 0.682. The summed E-state index contributed by atoms with van der Waals surface area (Å²) in [6, 6.07) is 7.02. The highest BCUT2D eigenvalue weighted by Gasteiger charge is 2.32. The minimum atomic E-state index is -0.347. The molecule has 1 aliphatic heterocycles. The van der Waals surface area contributed by atoms with Gasteiger partial charge in [-0.05, 0) is 17.5 Å². The fraction of sp³-hybridized carbons (Fsp3) is 0.412. The van der Waals surface area contributed by atoms with Crippen molar-refractivity contribution in [3.63, 3.8) is 0 Å². The standard InChI is InChI=1S/C17H21N3O4S.2ClH/c1-23-14-10-12(13(20(21)22)11-15(14)24-2)17(16-4-3-9-25-16)19-7-5-18-6-8-19;;/h3-4,9-11,17-18H,5-8H2,1-2H3;2*1H/t17-;;/m1../s1. The number of nitrogens with one attached hydrogen (secondary N) is 1. The molecule has 1 aromatic carbocycles. The molecule has 2 aromatic rings. The second-order valence-electron chi connectivity index (χ2n) is 5.73. The van der Waals surface area contributed by atoms with Gasteiger partial charge in [-0.15, -0.1) is 36.2 Å². The number of halogens is 2. The molecule has 1 aromatic heterocycles. The third-order valence-corrected chi connectivity index (χ3v) is 5.28. The zero-order valence-corrected chi connectivity index (χ0v) is 17.5. The molecule has 0 aliphatic carbocycles. The van der Waals surface area contributed by atoms with Crippen molar-refractivity contribution in [1.82, 2.24) is 10.2 Å². The van der Waals surface area contributed by atoms with Gasteiger partial charge in [-0.3, -0.25) is 15.0 Å². The lowest BCUT2D eigenvalue weighted by Crippen LogP contribution is -2.45. The molecular weight excluding hydrogens is 413 g/mol. The average Bonchev–Trinajstić information content (AvgIpc) is 3.16. The van der Waals surface area contributed by atoms with Gasteiger partial charge in [0.2, 0.25) is 0 Å². The normalized spacial score (nSPS) is 15.2. The third kappa shape index (κ3) is 5.03. The van der Waals surface area contributed by atoms with E-state index >= 15 is 0 Å². The molecule has 1 atom stereocenters. The van der Waals surface area contributed by atoms with E-state index in [1.165, 1.54) is 13.2 Å². The number of rotatable bonds is 6. The molecule has 0 radical (unpaired) electrons. The molecule has 1 fully saturated rings. The van der Waals surface area contributed by atoms with Gasteiger partial charge >= 0.3 is 0 Å². The van der Waals surface area contributed by atoms with Crippen molar-refractivity contribution in [2.24, 2.45) is 0 Å². The van der Waals surface area contributed by atoms with Crippen LogP contribution in [0.25, 0.3) is 0 Å². The number of nitrogens with zero attached hydrogens (tertiary/aromatic N) is 2. The fourth-order valence-electron chi connectivity index (χ4n) is 3.18. The summed E-state index contributed by atoms with van der Waals surface area (Å²) in [7, 11) is 3.02. The van der Waals surface area contributed by atoms with Gasteiger partial charge in [-0.2, -0.15) is 0 Å². The minimum Gasteiger partial charge on any atom is -0.493 e. The largest absolute Gasteiger partial charge is 0.493 e. The lowest BCUT2D eigenvalue weighted by atomic mass is 9.99. The van der Waals surface area contributed by atoms with E-state index in [-0.39, 0.29) is 41.5 Å². The zero-order chi connectivity index (χ0) is 17.8. The van der Waals surface area contributed by atoms with Crippen LogP contribution in [0.4, 0.5) is 5.69 Å². The molecule has 27 heavy (non-hydrogen) atoms. The quantitative estimate of drug-likeness (QED) is 0.552. The van der Waals surface area contributed by atoms with E-state index in [0.29, 0.717) is 17.1 Å². The highest BCUT2D eigenvalue weighted by Crippen LogP contribution is 2.42. The maximum atomic E-state index is 11.7. The lowest BCUT2D eigenvalue weighted by Gasteiger charge is -2.34. The van der Waals surface area contributed by atoms with Crippen LogP contribution in [-0.2, 0) is 0 Å². The number of ether oxygens (including phenoxy) is 2. The lowest BCUT2D eigenvalue weighted by molar-refractivity contribution is -0.386. The summed E-state index contributed by atoms with van der Waals surface area (Å²) in [6.07, 6.45) is 0. The van der Waals surface area contributed by atoms with E-state index in [1.54, 1.807) is 24.5 Å². The van der Waals surface area contributed by atoms with Gasteiger partial charge in [0.1, 0.15) is 0 Å². The SMILES string of the molecule is COc1cc([C@H](c2cccs2)N2CCNCC2)c([N+](=O)[O-])cc1OC.Cl.Cl. The van der Waals surface area contributed by atoms with E-state index < -0.39 is 0 Å². The van der Waals surface area contributed by atoms with Gasteiger partial charge in [-0.1, -0.05) is 6.07 Å². The number of hydrogen-bond acceptors (Lipinski definition) is 7. The molecule has 0 bridgehead atoms. The second-order valence-corrected chi connectivity index (χ2v) is 6.71. The first-order chi connectivity index (χ1) is 12.2. The predicted molar refractivity (Wildman–Crippen MR) is 111 cm³/mol. The molecule has 1 N–H and O–H groups in total. The van der Waals surface area contributed by atoms with Crippen LogP contribution in [0.5, 0.6) is 11.5 Å². The Morgan fingerprint density at radius 3 is 2.33 bits per heavy atom. The van der Waals surface area contributed by atoms with Crippen molar-refractivity contribution < 1.29 is 14.4 Å². The van der Waals surface area contributed by atoms with Crippen LogP contribution >= 0.6 is 36.2 Å². The average molecular weight is 436 g/mol. The monoisotopic (exact) mass is 435 g/mol. The summed E-state index contributed by atoms with van der Waals surface area (Å²) in [4.78, 5) is 14.7. The van der Waals surface area contributed by atoms with Gasteiger partial charge in [-0.25, -0.2) is 0 Å². The van der Waals surface area contributed by atoms with Gasteiger partial charge in [0.15, 0.2) is 11.5 Å². The van der Waals surface area contributed by atoms with Crippen molar-refractivity contribution in [2.45, 2.75) is 6.04 Å². The molecule has 0 unspecified atom stereocenters. The smallest absolute Gasteiger partial charge is 0.278 e. The Bertz CT molecular complexity index is 740. The zero-order valence-electron chi connectivity index (χ0n) is 15.0. The van der Waals surface area contributed by atoms with E-state index in [0.717, 1.165) is 31.1 Å². The third-order valence-electron chi connectivity index (χ3n) is 4.35. The first kappa shape index (κ1) is 23.5. The number of benzene rings is 1. The van der Waals surface area contributed by atoms with E-state index in [1.807, 2.05) is 17.5 Å². The van der Waals surface area contributed by atoms with Crippen LogP contribution < -0.4 is 14.8 Å². The Balaban J connectivity index is 0.00000182. The Hall–Kier alpha value is -1.58. The molecule has 10 heteroatoms. The summed E-state index contributed by atoms with van der Waals surface area (Å²) in [6.45, 7) is 3.38. The van der Waals surface area contributed by atoms with Gasteiger partial charge in [0.25, 0.3) is 5.69 Å². The Morgan fingerprint density at radius 2 is 1.81 bits per heavy atom. The number of nitro groups is 1. The number of nitro benzene ring substituents is 1. The molecule has 0 spiro atoms.